The summed E-state index contributed by atoms with van der Waals surface area (Å²) in [5, 5.41) is 5.88. The largest absolute Gasteiger partial charge is 0.383 e. The molecule has 0 bridgehead atoms. The Morgan fingerprint density at radius 2 is 1.64 bits per heavy atom. The number of benzene rings is 3. The fourth-order valence-corrected chi connectivity index (χ4v) is 3.82. The van der Waals surface area contributed by atoms with Crippen LogP contribution in [0.15, 0.2) is 78.9 Å². The van der Waals surface area contributed by atoms with Crippen LogP contribution in [0, 0.1) is 5.82 Å². The molecule has 3 aromatic carbocycles. The first-order valence-corrected chi connectivity index (χ1v) is 10.7. The van der Waals surface area contributed by atoms with Gasteiger partial charge in [0.25, 0.3) is 0 Å². The molecule has 2 N–H and O–H groups in total. The molecular formula is C25H20ClFN6. The lowest BCUT2D eigenvalue weighted by atomic mass is 10.1. The number of nitrogens with zero attached hydrogens (tertiary/aromatic N) is 5. The normalized spacial score (nSPS) is 11.1. The van der Waals surface area contributed by atoms with Crippen molar-refractivity contribution in [1.29, 1.82) is 0 Å². The lowest BCUT2D eigenvalue weighted by Crippen LogP contribution is -2.19. The maximum Gasteiger partial charge on any atom is 0.228 e. The molecule has 0 atom stereocenters. The van der Waals surface area contributed by atoms with Crippen LogP contribution in [-0.2, 0) is 6.54 Å². The zero-order valence-corrected chi connectivity index (χ0v) is 18.5. The van der Waals surface area contributed by atoms with Crippen molar-refractivity contribution in [3.05, 3.63) is 95.3 Å². The Balaban J connectivity index is 1.68. The van der Waals surface area contributed by atoms with Crippen LogP contribution in [-0.4, -0.2) is 26.8 Å². The second-order valence-corrected chi connectivity index (χ2v) is 8.13. The van der Waals surface area contributed by atoms with Gasteiger partial charge in [0, 0.05) is 24.2 Å². The van der Waals surface area contributed by atoms with E-state index in [1.165, 1.54) is 12.1 Å². The molecule has 0 saturated carbocycles. The van der Waals surface area contributed by atoms with E-state index in [4.69, 9.17) is 27.3 Å². The maximum atomic E-state index is 13.6. The van der Waals surface area contributed by atoms with E-state index in [0.717, 1.165) is 16.8 Å². The van der Waals surface area contributed by atoms with Crippen molar-refractivity contribution in [2.24, 2.45) is 0 Å². The molecule has 164 valence electrons. The van der Waals surface area contributed by atoms with E-state index in [9.17, 15) is 4.39 Å². The number of aromatic nitrogens is 4. The minimum Gasteiger partial charge on any atom is -0.383 e. The second kappa shape index (κ2) is 8.52. The van der Waals surface area contributed by atoms with Crippen LogP contribution in [0.1, 0.15) is 5.56 Å². The first-order chi connectivity index (χ1) is 16.0. The molecule has 0 aliphatic heterocycles. The van der Waals surface area contributed by atoms with E-state index in [1.54, 1.807) is 28.9 Å². The minimum atomic E-state index is -0.324. The molecule has 0 spiro atoms. The number of hydrogen-bond donors (Lipinski definition) is 1. The van der Waals surface area contributed by atoms with Gasteiger partial charge in [-0.25, -0.2) is 14.1 Å². The summed E-state index contributed by atoms with van der Waals surface area (Å²) >= 11 is 6.04. The van der Waals surface area contributed by atoms with Crippen molar-refractivity contribution in [3.8, 4) is 16.9 Å². The van der Waals surface area contributed by atoms with E-state index in [-0.39, 0.29) is 5.82 Å². The Hall–Kier alpha value is -3.97. The van der Waals surface area contributed by atoms with Gasteiger partial charge in [-0.3, -0.25) is 0 Å². The predicted molar refractivity (Wildman–Crippen MR) is 130 cm³/mol. The number of halogens is 2. The van der Waals surface area contributed by atoms with Gasteiger partial charge in [-0.1, -0.05) is 41.9 Å². The monoisotopic (exact) mass is 458 g/mol. The molecule has 5 rings (SSSR count). The zero-order valence-electron chi connectivity index (χ0n) is 17.8. The fraction of sp³-hybridized carbons (Fsp3) is 0.0800. The minimum absolute atomic E-state index is 0.324. The van der Waals surface area contributed by atoms with E-state index in [1.807, 2.05) is 54.4 Å². The van der Waals surface area contributed by atoms with Crippen LogP contribution in [0.4, 0.5) is 16.2 Å². The molecule has 2 heterocycles. The number of rotatable bonds is 5. The summed E-state index contributed by atoms with van der Waals surface area (Å²) < 4.78 is 15.2. The molecular weight excluding hydrogens is 439 g/mol. The van der Waals surface area contributed by atoms with Crippen LogP contribution >= 0.6 is 11.6 Å². The van der Waals surface area contributed by atoms with Crippen molar-refractivity contribution in [3.63, 3.8) is 0 Å². The molecule has 0 saturated heterocycles. The number of nitrogens with two attached hydrogens (primary N) is 1. The third-order valence-electron chi connectivity index (χ3n) is 5.35. The first kappa shape index (κ1) is 20.9. The molecule has 33 heavy (non-hydrogen) atoms. The highest BCUT2D eigenvalue weighted by Crippen LogP contribution is 2.33. The third-order valence-corrected chi connectivity index (χ3v) is 5.60. The van der Waals surface area contributed by atoms with Crippen molar-refractivity contribution in [2.75, 3.05) is 17.7 Å². The molecule has 5 aromatic rings. The van der Waals surface area contributed by atoms with Crippen molar-refractivity contribution in [1.82, 2.24) is 19.7 Å². The predicted octanol–water partition coefficient (Wildman–Crippen LogP) is 5.49. The second-order valence-electron chi connectivity index (χ2n) is 7.69. The molecule has 0 amide bonds. The summed E-state index contributed by atoms with van der Waals surface area (Å²) in [7, 11) is 1.92. The van der Waals surface area contributed by atoms with Gasteiger partial charge in [-0.2, -0.15) is 4.98 Å². The Kier molecular flexibility index (Phi) is 5.40. The third kappa shape index (κ3) is 4.10. The van der Waals surface area contributed by atoms with E-state index >= 15 is 0 Å². The summed E-state index contributed by atoms with van der Waals surface area (Å²) in [6, 6.07) is 23.4. The Labute approximate surface area is 195 Å². The quantitative estimate of drug-likeness (QED) is 0.377. The summed E-state index contributed by atoms with van der Waals surface area (Å²) in [6.07, 6.45) is 0. The van der Waals surface area contributed by atoms with Crippen LogP contribution in [0.5, 0.6) is 0 Å². The lowest BCUT2D eigenvalue weighted by molar-refractivity contribution is 0.628. The highest BCUT2D eigenvalue weighted by molar-refractivity contribution is 6.30. The molecule has 0 radical (unpaired) electrons. The Morgan fingerprint density at radius 3 is 2.33 bits per heavy atom. The lowest BCUT2D eigenvalue weighted by Gasteiger charge is -2.18. The Bertz CT molecular complexity index is 1420. The molecule has 0 fully saturated rings. The molecule has 0 aliphatic rings. The van der Waals surface area contributed by atoms with Crippen LogP contribution in [0.3, 0.4) is 0 Å². The number of anilines is 2. The maximum absolute atomic E-state index is 13.6. The summed E-state index contributed by atoms with van der Waals surface area (Å²) in [4.78, 5) is 11.5. The number of nitrogen functional groups attached to an aromatic ring is 1. The van der Waals surface area contributed by atoms with Crippen molar-refractivity contribution >= 4 is 34.4 Å². The van der Waals surface area contributed by atoms with Crippen LogP contribution < -0.4 is 10.6 Å². The van der Waals surface area contributed by atoms with Gasteiger partial charge in [0.05, 0.1) is 16.8 Å². The van der Waals surface area contributed by atoms with Gasteiger partial charge >= 0.3 is 0 Å². The first-order valence-electron chi connectivity index (χ1n) is 10.3. The van der Waals surface area contributed by atoms with Gasteiger partial charge in [-0.05, 0) is 54.1 Å². The van der Waals surface area contributed by atoms with E-state index < -0.39 is 0 Å². The molecule has 2 aromatic heterocycles. The zero-order chi connectivity index (χ0) is 22.9. The highest BCUT2D eigenvalue weighted by atomic mass is 35.5. The van der Waals surface area contributed by atoms with E-state index in [0.29, 0.717) is 40.1 Å². The van der Waals surface area contributed by atoms with Gasteiger partial charge < -0.3 is 10.6 Å². The topological polar surface area (TPSA) is 72.9 Å². The van der Waals surface area contributed by atoms with Crippen LogP contribution in [0.2, 0.25) is 5.02 Å². The molecule has 8 heteroatoms. The summed E-state index contributed by atoms with van der Waals surface area (Å²) in [6.45, 7) is 0.614. The Morgan fingerprint density at radius 1 is 0.939 bits per heavy atom. The highest BCUT2D eigenvalue weighted by Gasteiger charge is 2.20. The van der Waals surface area contributed by atoms with Gasteiger partial charge in [0.15, 0.2) is 5.65 Å². The van der Waals surface area contributed by atoms with Crippen LogP contribution in [0.25, 0.3) is 28.0 Å². The smallest absolute Gasteiger partial charge is 0.228 e. The standard InChI is InChI=1S/C25H20ClFN6/c1-32(15-16-5-3-2-4-6-16)25-29-22(17-7-11-19(27)12-8-17)21-23(28)33(31-24(21)30-25)20-13-9-18(26)10-14-20/h2-14H,15,28H2,1H3. The SMILES string of the molecule is CN(Cc1ccccc1)c1nc(-c2ccc(F)cc2)c2c(N)n(-c3ccc(Cl)cc3)nc2n1. The molecule has 6 nitrogen and oxygen atoms in total. The van der Waals surface area contributed by atoms with Gasteiger partial charge in [0.1, 0.15) is 11.6 Å². The average molecular weight is 459 g/mol. The average Bonchev–Trinajstić information content (AvgIpc) is 3.16. The van der Waals surface area contributed by atoms with Crippen molar-refractivity contribution < 1.29 is 4.39 Å². The summed E-state index contributed by atoms with van der Waals surface area (Å²) in [5.74, 6) is 0.561. The number of fused-ring (bicyclic) bond motifs is 1. The fourth-order valence-electron chi connectivity index (χ4n) is 3.69. The van der Waals surface area contributed by atoms with Gasteiger partial charge in [0.2, 0.25) is 5.95 Å². The number of hydrogen-bond acceptors (Lipinski definition) is 5. The molecule has 0 aliphatic carbocycles. The van der Waals surface area contributed by atoms with Gasteiger partial charge in [-0.15, -0.1) is 5.10 Å². The summed E-state index contributed by atoms with van der Waals surface area (Å²) in [5.41, 5.74) is 10.2. The molecule has 0 unspecified atom stereocenters. The van der Waals surface area contributed by atoms with E-state index in [2.05, 4.69) is 5.10 Å². The van der Waals surface area contributed by atoms with Crippen molar-refractivity contribution in [2.45, 2.75) is 6.54 Å².